The lowest BCUT2D eigenvalue weighted by Gasteiger charge is -2.09. The van der Waals surface area contributed by atoms with Gasteiger partial charge in [0.05, 0.1) is 15.7 Å². The molecule has 0 saturated carbocycles. The van der Waals surface area contributed by atoms with Gasteiger partial charge in [-0.15, -0.1) is 11.8 Å². The molecule has 2 nitrogen and oxygen atoms in total. The first-order chi connectivity index (χ1) is 8.04. The summed E-state index contributed by atoms with van der Waals surface area (Å²) in [7, 11) is 0. The lowest BCUT2D eigenvalue weighted by Crippen LogP contribution is -1.96. The highest BCUT2D eigenvalue weighted by Crippen LogP contribution is 2.34. The van der Waals surface area contributed by atoms with E-state index in [9.17, 15) is 4.39 Å². The SMILES string of the molecule is CSc1ncn(-c2c(Cl)cc(F)cc2Cl)c1Br. The van der Waals surface area contributed by atoms with E-state index in [0.29, 0.717) is 5.69 Å². The van der Waals surface area contributed by atoms with Crippen molar-refractivity contribution in [2.24, 2.45) is 0 Å². The van der Waals surface area contributed by atoms with Crippen LogP contribution in [0, 0.1) is 5.82 Å². The van der Waals surface area contributed by atoms with Crippen molar-refractivity contribution in [3.8, 4) is 5.69 Å². The molecule has 0 fully saturated rings. The fourth-order valence-corrected chi connectivity index (χ4v) is 3.29. The maximum atomic E-state index is 13.1. The monoisotopic (exact) mass is 354 g/mol. The van der Waals surface area contributed by atoms with Gasteiger partial charge in [0, 0.05) is 0 Å². The van der Waals surface area contributed by atoms with Crippen LogP contribution in [0.2, 0.25) is 10.0 Å². The molecule has 0 spiro atoms. The molecule has 0 amide bonds. The number of hydrogen-bond acceptors (Lipinski definition) is 2. The first kappa shape index (κ1) is 13.2. The van der Waals surface area contributed by atoms with Crippen molar-refractivity contribution in [2.75, 3.05) is 6.26 Å². The van der Waals surface area contributed by atoms with Gasteiger partial charge in [-0.2, -0.15) is 0 Å². The molecule has 90 valence electrons. The van der Waals surface area contributed by atoms with Crippen molar-refractivity contribution in [3.63, 3.8) is 0 Å². The summed E-state index contributed by atoms with van der Waals surface area (Å²) in [6.07, 6.45) is 3.49. The third-order valence-electron chi connectivity index (χ3n) is 2.09. The number of rotatable bonds is 2. The van der Waals surface area contributed by atoms with E-state index in [2.05, 4.69) is 20.9 Å². The number of benzene rings is 1. The number of halogens is 4. The quantitative estimate of drug-likeness (QED) is 0.720. The van der Waals surface area contributed by atoms with Gasteiger partial charge < -0.3 is 0 Å². The second kappa shape index (κ2) is 5.18. The summed E-state index contributed by atoms with van der Waals surface area (Å²) in [4.78, 5) is 4.18. The van der Waals surface area contributed by atoms with E-state index in [1.165, 1.54) is 23.9 Å². The summed E-state index contributed by atoms with van der Waals surface area (Å²) in [6.45, 7) is 0. The number of thioether (sulfide) groups is 1. The van der Waals surface area contributed by atoms with Crippen molar-refractivity contribution in [3.05, 3.63) is 38.9 Å². The summed E-state index contributed by atoms with van der Waals surface area (Å²) in [5.41, 5.74) is 0.509. The van der Waals surface area contributed by atoms with Crippen LogP contribution in [-0.2, 0) is 0 Å². The number of aromatic nitrogens is 2. The van der Waals surface area contributed by atoms with Crippen LogP contribution in [0.1, 0.15) is 0 Å². The molecule has 0 unspecified atom stereocenters. The highest BCUT2D eigenvalue weighted by atomic mass is 79.9. The molecule has 1 aromatic carbocycles. The number of hydrogen-bond donors (Lipinski definition) is 0. The van der Waals surface area contributed by atoms with Crippen molar-refractivity contribution in [1.82, 2.24) is 9.55 Å². The van der Waals surface area contributed by atoms with Gasteiger partial charge >= 0.3 is 0 Å². The van der Waals surface area contributed by atoms with Gasteiger partial charge in [0.1, 0.15) is 21.8 Å². The maximum Gasteiger partial charge on any atom is 0.129 e. The van der Waals surface area contributed by atoms with Crippen LogP contribution in [0.25, 0.3) is 5.69 Å². The highest BCUT2D eigenvalue weighted by molar-refractivity contribution is 9.10. The van der Waals surface area contributed by atoms with Gasteiger partial charge in [-0.25, -0.2) is 9.37 Å². The number of imidazole rings is 1. The van der Waals surface area contributed by atoms with Crippen LogP contribution in [0.15, 0.2) is 28.1 Å². The molecule has 0 atom stereocenters. The molecule has 2 aromatic rings. The van der Waals surface area contributed by atoms with E-state index < -0.39 is 5.82 Å². The molecule has 17 heavy (non-hydrogen) atoms. The second-order valence-corrected chi connectivity index (χ2v) is 5.49. The van der Waals surface area contributed by atoms with Gasteiger partial charge in [-0.05, 0) is 34.3 Å². The molecular formula is C10H6BrCl2FN2S. The van der Waals surface area contributed by atoms with Gasteiger partial charge in [0.2, 0.25) is 0 Å². The summed E-state index contributed by atoms with van der Waals surface area (Å²) in [5.74, 6) is -0.468. The van der Waals surface area contributed by atoms with E-state index in [-0.39, 0.29) is 10.0 Å². The third-order valence-corrected chi connectivity index (χ3v) is 4.38. The van der Waals surface area contributed by atoms with Crippen LogP contribution in [0.3, 0.4) is 0 Å². The predicted molar refractivity (Wildman–Crippen MR) is 73.0 cm³/mol. The number of nitrogens with zero attached hydrogens (tertiary/aromatic N) is 2. The van der Waals surface area contributed by atoms with Crippen LogP contribution in [0.5, 0.6) is 0 Å². The predicted octanol–water partition coefficient (Wildman–Crippen LogP) is 4.80. The summed E-state index contributed by atoms with van der Waals surface area (Å²) < 4.78 is 15.5. The van der Waals surface area contributed by atoms with Crippen molar-refractivity contribution < 1.29 is 4.39 Å². The van der Waals surface area contributed by atoms with E-state index in [0.717, 1.165) is 9.63 Å². The molecule has 0 saturated heterocycles. The molecule has 0 aliphatic rings. The largest absolute Gasteiger partial charge is 0.289 e. The van der Waals surface area contributed by atoms with Gasteiger partial charge in [-0.1, -0.05) is 23.2 Å². The minimum Gasteiger partial charge on any atom is -0.289 e. The summed E-state index contributed by atoms with van der Waals surface area (Å²) in [5, 5.41) is 1.28. The first-order valence-electron chi connectivity index (χ1n) is 4.46. The van der Waals surface area contributed by atoms with E-state index in [1.807, 2.05) is 6.26 Å². The Bertz CT molecular complexity index is 550. The minimum absolute atomic E-state index is 0.237. The summed E-state index contributed by atoms with van der Waals surface area (Å²) >= 11 is 16.9. The lowest BCUT2D eigenvalue weighted by atomic mass is 10.3. The zero-order valence-corrected chi connectivity index (χ0v) is 12.5. The van der Waals surface area contributed by atoms with Crippen LogP contribution >= 0.6 is 50.9 Å². The zero-order valence-electron chi connectivity index (χ0n) is 8.55. The molecule has 2 rings (SSSR count). The Hall–Kier alpha value is -0.230. The fourth-order valence-electron chi connectivity index (χ4n) is 1.37. The molecular weight excluding hydrogens is 350 g/mol. The maximum absolute atomic E-state index is 13.1. The summed E-state index contributed by atoms with van der Waals surface area (Å²) in [6, 6.07) is 2.43. The molecule has 0 bridgehead atoms. The van der Waals surface area contributed by atoms with Gasteiger partial charge in [-0.3, -0.25) is 4.57 Å². The molecule has 0 aliphatic heterocycles. The van der Waals surface area contributed by atoms with E-state index >= 15 is 0 Å². The van der Waals surface area contributed by atoms with Crippen LogP contribution in [-0.4, -0.2) is 15.8 Å². The Morgan fingerprint density at radius 3 is 2.41 bits per heavy atom. The Kier molecular flexibility index (Phi) is 4.02. The normalized spacial score (nSPS) is 10.9. The zero-order chi connectivity index (χ0) is 12.6. The topological polar surface area (TPSA) is 17.8 Å². The molecule has 1 heterocycles. The standard InChI is InChI=1S/C10H6BrCl2FN2S/c1-17-10-9(11)16(4-15-10)8-6(12)2-5(14)3-7(8)13/h2-4H,1H3. The molecule has 7 heteroatoms. The average Bonchev–Trinajstić information content (AvgIpc) is 2.59. The lowest BCUT2D eigenvalue weighted by molar-refractivity contribution is 0.627. The van der Waals surface area contributed by atoms with E-state index in [1.54, 1.807) is 10.9 Å². The van der Waals surface area contributed by atoms with Gasteiger partial charge in [0.15, 0.2) is 0 Å². The Morgan fingerprint density at radius 2 is 1.94 bits per heavy atom. The Morgan fingerprint density at radius 1 is 1.35 bits per heavy atom. The minimum atomic E-state index is -0.468. The Balaban J connectivity index is 2.64. The van der Waals surface area contributed by atoms with Crippen molar-refractivity contribution >= 4 is 50.9 Å². The fraction of sp³-hybridized carbons (Fsp3) is 0.100. The second-order valence-electron chi connectivity index (χ2n) is 3.13. The van der Waals surface area contributed by atoms with Crippen molar-refractivity contribution in [1.29, 1.82) is 0 Å². The van der Waals surface area contributed by atoms with E-state index in [4.69, 9.17) is 23.2 Å². The average molecular weight is 356 g/mol. The smallest absolute Gasteiger partial charge is 0.129 e. The molecule has 1 aromatic heterocycles. The van der Waals surface area contributed by atoms with Crippen LogP contribution < -0.4 is 0 Å². The van der Waals surface area contributed by atoms with Crippen LogP contribution in [0.4, 0.5) is 4.39 Å². The highest BCUT2D eigenvalue weighted by Gasteiger charge is 2.15. The van der Waals surface area contributed by atoms with Crippen molar-refractivity contribution in [2.45, 2.75) is 5.03 Å². The van der Waals surface area contributed by atoms with Gasteiger partial charge in [0.25, 0.3) is 0 Å². The molecule has 0 radical (unpaired) electrons. The molecule has 0 N–H and O–H groups in total. The Labute approximate surface area is 120 Å². The first-order valence-corrected chi connectivity index (χ1v) is 7.23. The molecule has 0 aliphatic carbocycles. The third kappa shape index (κ3) is 2.47.